The van der Waals surface area contributed by atoms with E-state index < -0.39 is 28.8 Å². The zero-order chi connectivity index (χ0) is 20.2. The van der Waals surface area contributed by atoms with Gasteiger partial charge in [-0.2, -0.15) is 0 Å². The van der Waals surface area contributed by atoms with Crippen molar-refractivity contribution in [2.75, 3.05) is 14.2 Å². The van der Waals surface area contributed by atoms with E-state index in [1.165, 1.54) is 20.3 Å². The summed E-state index contributed by atoms with van der Waals surface area (Å²) in [7, 11) is 2.44. The number of esters is 2. The molecule has 0 saturated carbocycles. The van der Waals surface area contributed by atoms with Gasteiger partial charge in [-0.25, -0.2) is 4.79 Å². The van der Waals surface area contributed by atoms with Crippen LogP contribution < -0.4 is 5.32 Å². The van der Waals surface area contributed by atoms with Gasteiger partial charge in [-0.15, -0.1) is 0 Å². The van der Waals surface area contributed by atoms with Crippen LogP contribution in [0.4, 0.5) is 0 Å². The van der Waals surface area contributed by atoms with Crippen molar-refractivity contribution in [3.8, 4) is 0 Å². The Morgan fingerprint density at radius 2 is 1.85 bits per heavy atom. The van der Waals surface area contributed by atoms with Gasteiger partial charge in [-0.3, -0.25) is 19.7 Å². The van der Waals surface area contributed by atoms with Crippen LogP contribution >= 0.6 is 0 Å². The summed E-state index contributed by atoms with van der Waals surface area (Å²) in [6, 6.07) is 5.69. The fourth-order valence-corrected chi connectivity index (χ4v) is 2.23. The number of ether oxygens (including phenoxy) is 2. The van der Waals surface area contributed by atoms with Crippen molar-refractivity contribution in [1.82, 2.24) is 5.32 Å². The van der Waals surface area contributed by atoms with Gasteiger partial charge in [0.25, 0.3) is 5.91 Å². The topological polar surface area (TPSA) is 125 Å². The third-order valence-electron chi connectivity index (χ3n) is 3.70. The molecular formula is C18H22N2O7. The fourth-order valence-electron chi connectivity index (χ4n) is 2.23. The van der Waals surface area contributed by atoms with Gasteiger partial charge < -0.3 is 14.8 Å². The van der Waals surface area contributed by atoms with E-state index in [4.69, 9.17) is 0 Å². The Labute approximate surface area is 156 Å². The number of nitrogens with zero attached hydrogens (tertiary/aromatic N) is 1. The summed E-state index contributed by atoms with van der Waals surface area (Å²) in [4.78, 5) is 45.0. The molecule has 1 amide bonds. The Balaban J connectivity index is 2.66. The van der Waals surface area contributed by atoms with Gasteiger partial charge in [0.15, 0.2) is 0 Å². The van der Waals surface area contributed by atoms with E-state index in [2.05, 4.69) is 14.8 Å². The van der Waals surface area contributed by atoms with E-state index in [1.807, 2.05) is 0 Å². The molecule has 9 heteroatoms. The first-order valence-corrected chi connectivity index (χ1v) is 8.22. The van der Waals surface area contributed by atoms with Crippen LogP contribution in [0.25, 0.3) is 0 Å². The van der Waals surface area contributed by atoms with E-state index in [0.29, 0.717) is 18.4 Å². The molecule has 1 aromatic carbocycles. The predicted octanol–water partition coefficient (Wildman–Crippen LogP) is 1.63. The molecule has 0 spiro atoms. The molecule has 1 N–H and O–H groups in total. The Kier molecular flexibility index (Phi) is 9.21. The van der Waals surface area contributed by atoms with Crippen LogP contribution in [-0.4, -0.2) is 43.0 Å². The molecule has 1 aromatic rings. The monoisotopic (exact) mass is 378 g/mol. The van der Waals surface area contributed by atoms with Gasteiger partial charge >= 0.3 is 11.9 Å². The lowest BCUT2D eigenvalue weighted by atomic mass is 10.1. The molecule has 0 aliphatic rings. The first kappa shape index (κ1) is 21.8. The zero-order valence-electron chi connectivity index (χ0n) is 15.2. The van der Waals surface area contributed by atoms with Crippen LogP contribution in [0, 0.1) is 10.1 Å². The summed E-state index contributed by atoms with van der Waals surface area (Å²) in [5, 5.41) is 12.7. The molecule has 27 heavy (non-hydrogen) atoms. The second-order valence-electron chi connectivity index (χ2n) is 5.57. The zero-order valence-corrected chi connectivity index (χ0v) is 15.2. The maximum Gasteiger partial charge on any atom is 0.328 e. The number of nitro groups is 1. The minimum absolute atomic E-state index is 0.0346. The normalized spacial score (nSPS) is 11.6. The van der Waals surface area contributed by atoms with Crippen molar-refractivity contribution >= 4 is 17.8 Å². The van der Waals surface area contributed by atoms with Gasteiger partial charge in [0, 0.05) is 12.0 Å². The van der Waals surface area contributed by atoms with E-state index in [1.54, 1.807) is 24.3 Å². The number of nitrogens with one attached hydrogen (secondary N) is 1. The predicted molar refractivity (Wildman–Crippen MR) is 95.4 cm³/mol. The number of hydrogen-bond acceptors (Lipinski definition) is 7. The maximum atomic E-state index is 12.3. The molecule has 0 heterocycles. The lowest BCUT2D eigenvalue weighted by molar-refractivity contribution is -0.402. The first-order chi connectivity index (χ1) is 12.9. The number of benzene rings is 1. The number of amides is 1. The summed E-state index contributed by atoms with van der Waals surface area (Å²) >= 11 is 0. The van der Waals surface area contributed by atoms with Crippen LogP contribution in [0.15, 0.2) is 36.5 Å². The highest BCUT2D eigenvalue weighted by molar-refractivity contribution is 5.96. The summed E-state index contributed by atoms with van der Waals surface area (Å²) in [5.41, 5.74) is 1.25. The number of aryl methyl sites for hydroxylation is 1. The molecular weight excluding hydrogens is 356 g/mol. The third kappa shape index (κ3) is 8.13. The summed E-state index contributed by atoms with van der Waals surface area (Å²) < 4.78 is 9.17. The lowest BCUT2D eigenvalue weighted by Gasteiger charge is -2.16. The molecule has 0 aliphatic carbocycles. The molecule has 0 saturated heterocycles. The Morgan fingerprint density at radius 3 is 2.41 bits per heavy atom. The van der Waals surface area contributed by atoms with Gasteiger partial charge in [-0.05, 0) is 43.0 Å². The van der Waals surface area contributed by atoms with Crippen molar-refractivity contribution in [3.63, 3.8) is 0 Å². The average Bonchev–Trinajstić information content (AvgIpc) is 2.67. The van der Waals surface area contributed by atoms with Gasteiger partial charge in [-0.1, -0.05) is 12.1 Å². The van der Waals surface area contributed by atoms with E-state index in [-0.39, 0.29) is 12.8 Å². The Hall–Kier alpha value is -3.23. The number of methoxy groups -OCH3 is 2. The van der Waals surface area contributed by atoms with E-state index in [0.717, 1.165) is 11.8 Å². The highest BCUT2D eigenvalue weighted by atomic mass is 16.6. The molecule has 9 nitrogen and oxygen atoms in total. The number of hydrogen-bond donors (Lipinski definition) is 1. The van der Waals surface area contributed by atoms with Crippen LogP contribution in [0.2, 0.25) is 0 Å². The smallest absolute Gasteiger partial charge is 0.328 e. The molecule has 0 aliphatic heterocycles. The summed E-state index contributed by atoms with van der Waals surface area (Å²) in [5.74, 6) is -1.62. The largest absolute Gasteiger partial charge is 0.469 e. The summed E-state index contributed by atoms with van der Waals surface area (Å²) in [6.07, 6.45) is 3.48. The van der Waals surface area contributed by atoms with E-state index >= 15 is 0 Å². The number of carbonyl (C=O) groups excluding carboxylic acids is 3. The SMILES string of the molecule is COC(=O)CC[C@H](NC(=O)c1ccc(CCC=C[N+](=O)[O-])cc1)C(=O)OC. The molecule has 0 aromatic heterocycles. The van der Waals surface area contributed by atoms with Gasteiger partial charge in [0.05, 0.1) is 19.1 Å². The van der Waals surface area contributed by atoms with Crippen LogP contribution in [0.1, 0.15) is 35.2 Å². The highest BCUT2D eigenvalue weighted by Gasteiger charge is 2.23. The number of carbonyl (C=O) groups is 3. The Morgan fingerprint density at radius 1 is 1.19 bits per heavy atom. The third-order valence-corrected chi connectivity index (χ3v) is 3.70. The van der Waals surface area contributed by atoms with Crippen molar-refractivity contribution in [3.05, 3.63) is 57.8 Å². The van der Waals surface area contributed by atoms with Crippen molar-refractivity contribution in [1.29, 1.82) is 0 Å². The number of allylic oxidation sites excluding steroid dienone is 1. The second kappa shape index (κ2) is 11.4. The number of rotatable bonds is 10. The van der Waals surface area contributed by atoms with Crippen molar-refractivity contribution in [2.45, 2.75) is 31.7 Å². The highest BCUT2D eigenvalue weighted by Crippen LogP contribution is 2.09. The molecule has 0 fully saturated rings. The van der Waals surface area contributed by atoms with Crippen LogP contribution in [-0.2, 0) is 25.5 Å². The molecule has 1 atom stereocenters. The minimum atomic E-state index is -0.964. The van der Waals surface area contributed by atoms with Crippen LogP contribution in [0.5, 0.6) is 0 Å². The van der Waals surface area contributed by atoms with Crippen LogP contribution in [0.3, 0.4) is 0 Å². The van der Waals surface area contributed by atoms with Crippen molar-refractivity contribution < 1.29 is 28.8 Å². The minimum Gasteiger partial charge on any atom is -0.469 e. The molecule has 1 rings (SSSR count). The lowest BCUT2D eigenvalue weighted by Crippen LogP contribution is -2.41. The molecule has 0 radical (unpaired) electrons. The van der Waals surface area contributed by atoms with Gasteiger partial charge in [0.1, 0.15) is 6.04 Å². The standard InChI is InChI=1S/C18H22N2O7/c1-26-16(21)11-10-15(18(23)27-2)19-17(22)14-8-6-13(7-9-14)5-3-4-12-20(24)25/h4,6-9,12,15H,3,5,10-11H2,1-2H3,(H,19,22)/t15-/m0/s1. The van der Waals surface area contributed by atoms with Crippen molar-refractivity contribution in [2.24, 2.45) is 0 Å². The summed E-state index contributed by atoms with van der Waals surface area (Å²) in [6.45, 7) is 0. The molecule has 0 unspecified atom stereocenters. The fraction of sp³-hybridized carbons (Fsp3) is 0.389. The average molecular weight is 378 g/mol. The van der Waals surface area contributed by atoms with Gasteiger partial charge in [0.2, 0.25) is 6.20 Å². The maximum absolute atomic E-state index is 12.3. The first-order valence-electron chi connectivity index (χ1n) is 8.22. The molecule has 0 bridgehead atoms. The quantitative estimate of drug-likeness (QED) is 0.373. The van der Waals surface area contributed by atoms with E-state index in [9.17, 15) is 24.5 Å². The second-order valence-corrected chi connectivity index (χ2v) is 5.57. The molecule has 146 valence electrons. The Bertz CT molecular complexity index is 698.